The van der Waals surface area contributed by atoms with Gasteiger partial charge in [0, 0.05) is 28.9 Å². The summed E-state index contributed by atoms with van der Waals surface area (Å²) in [6, 6.07) is 12.2. The Kier molecular flexibility index (Phi) is 2.46. The van der Waals surface area contributed by atoms with Crippen LogP contribution in [0.25, 0.3) is 32.2 Å². The van der Waals surface area contributed by atoms with Gasteiger partial charge in [-0.1, -0.05) is 17.4 Å². The third-order valence-electron chi connectivity index (χ3n) is 3.54. The number of hydrogen-bond acceptors (Lipinski definition) is 4. The molecule has 21 heavy (non-hydrogen) atoms. The van der Waals surface area contributed by atoms with Crippen LogP contribution in [0.15, 0.2) is 42.7 Å². The van der Waals surface area contributed by atoms with Crippen LogP contribution < -0.4 is 5.73 Å². The number of nitrogens with zero attached hydrogens (tertiary/aromatic N) is 2. The molecule has 3 aromatic heterocycles. The van der Waals surface area contributed by atoms with Gasteiger partial charge in [0.25, 0.3) is 0 Å². The van der Waals surface area contributed by atoms with Crippen LogP contribution >= 0.6 is 11.3 Å². The van der Waals surface area contributed by atoms with Crippen LogP contribution in [0, 0.1) is 11.3 Å². The minimum atomic E-state index is 0.546. The minimum absolute atomic E-state index is 0.546. The van der Waals surface area contributed by atoms with Crippen LogP contribution in [-0.2, 0) is 0 Å². The molecule has 4 aromatic rings. The predicted octanol–water partition coefficient (Wildman–Crippen LogP) is 3.90. The van der Waals surface area contributed by atoms with Crippen molar-refractivity contribution in [2.24, 2.45) is 0 Å². The van der Waals surface area contributed by atoms with Gasteiger partial charge in [-0.2, -0.15) is 5.26 Å². The highest BCUT2D eigenvalue weighted by atomic mass is 32.1. The fraction of sp³-hybridized carbons (Fsp3) is 0. The van der Waals surface area contributed by atoms with Gasteiger partial charge in [-0.05, 0) is 35.2 Å². The van der Waals surface area contributed by atoms with E-state index >= 15 is 0 Å². The zero-order valence-electron chi connectivity index (χ0n) is 10.9. The Morgan fingerprint density at radius 1 is 1.24 bits per heavy atom. The highest BCUT2D eigenvalue weighted by Crippen LogP contribution is 2.40. The maximum absolute atomic E-state index is 9.06. The number of thiophene rings is 1. The summed E-state index contributed by atoms with van der Waals surface area (Å²) in [7, 11) is 0. The van der Waals surface area contributed by atoms with E-state index in [1.165, 1.54) is 11.3 Å². The second-order valence-corrected chi connectivity index (χ2v) is 5.84. The summed E-state index contributed by atoms with van der Waals surface area (Å²) >= 11 is 1.45. The van der Waals surface area contributed by atoms with Gasteiger partial charge in [0.15, 0.2) is 0 Å². The number of nitrogens with one attached hydrogen (secondary N) is 1. The van der Waals surface area contributed by atoms with E-state index < -0.39 is 0 Å². The quantitative estimate of drug-likeness (QED) is 0.558. The summed E-state index contributed by atoms with van der Waals surface area (Å²) in [5.74, 6) is 0. The Morgan fingerprint density at radius 3 is 3.00 bits per heavy atom. The van der Waals surface area contributed by atoms with Crippen molar-refractivity contribution >= 4 is 37.5 Å². The zero-order valence-corrected chi connectivity index (χ0v) is 11.7. The molecule has 100 valence electrons. The van der Waals surface area contributed by atoms with E-state index in [-0.39, 0.29) is 0 Å². The fourth-order valence-electron chi connectivity index (χ4n) is 2.57. The van der Waals surface area contributed by atoms with Gasteiger partial charge in [-0.15, -0.1) is 0 Å². The fourth-order valence-corrected chi connectivity index (χ4v) is 3.48. The molecule has 0 atom stereocenters. The zero-order chi connectivity index (χ0) is 14.4. The number of anilines is 1. The van der Waals surface area contributed by atoms with Gasteiger partial charge in [0.05, 0.1) is 10.6 Å². The monoisotopic (exact) mass is 290 g/mol. The number of benzene rings is 1. The Morgan fingerprint density at radius 2 is 2.14 bits per heavy atom. The Labute approximate surface area is 124 Å². The Balaban J connectivity index is 2.04. The molecule has 3 N–H and O–H groups in total. The van der Waals surface area contributed by atoms with E-state index in [1.807, 2.05) is 30.5 Å². The van der Waals surface area contributed by atoms with E-state index in [9.17, 15) is 0 Å². The van der Waals surface area contributed by atoms with Crippen LogP contribution in [0.2, 0.25) is 0 Å². The van der Waals surface area contributed by atoms with Crippen molar-refractivity contribution < 1.29 is 0 Å². The molecule has 5 heteroatoms. The summed E-state index contributed by atoms with van der Waals surface area (Å²) in [5.41, 5.74) is 9.83. The highest BCUT2D eigenvalue weighted by molar-refractivity contribution is 7.23. The summed E-state index contributed by atoms with van der Waals surface area (Å²) in [5, 5.41) is 11.9. The van der Waals surface area contributed by atoms with E-state index in [0.717, 1.165) is 37.2 Å². The van der Waals surface area contributed by atoms with Crippen molar-refractivity contribution in [3.63, 3.8) is 0 Å². The largest absolute Gasteiger partial charge is 0.390 e. The molecule has 0 spiro atoms. The predicted molar refractivity (Wildman–Crippen MR) is 86.0 cm³/mol. The lowest BCUT2D eigenvalue weighted by Crippen LogP contribution is -1.85. The molecule has 0 aliphatic heterocycles. The normalized spacial score (nSPS) is 11.0. The molecule has 0 aliphatic rings. The van der Waals surface area contributed by atoms with Gasteiger partial charge < -0.3 is 10.7 Å². The molecule has 1 aromatic carbocycles. The molecule has 0 unspecified atom stereocenters. The first kappa shape index (κ1) is 11.9. The number of nitrogens with two attached hydrogens (primary N) is 1. The first-order chi connectivity index (χ1) is 10.3. The van der Waals surface area contributed by atoms with Crippen LogP contribution in [0.1, 0.15) is 5.56 Å². The number of hydrogen-bond donors (Lipinski definition) is 2. The molecule has 0 bridgehead atoms. The Hall–Kier alpha value is -2.84. The maximum atomic E-state index is 9.06. The second-order valence-electron chi connectivity index (χ2n) is 4.81. The first-order valence-corrected chi connectivity index (χ1v) is 7.23. The van der Waals surface area contributed by atoms with E-state index in [0.29, 0.717) is 5.56 Å². The smallest absolute Gasteiger partial charge is 0.125 e. The summed E-state index contributed by atoms with van der Waals surface area (Å²) < 4.78 is 0. The Bertz CT molecular complexity index is 1020. The lowest BCUT2D eigenvalue weighted by molar-refractivity contribution is 1.39. The van der Waals surface area contributed by atoms with E-state index in [4.69, 9.17) is 11.0 Å². The van der Waals surface area contributed by atoms with Gasteiger partial charge in [-0.25, -0.2) is 4.98 Å². The molecule has 0 fully saturated rings. The molecule has 0 saturated carbocycles. The van der Waals surface area contributed by atoms with Crippen LogP contribution in [-0.4, -0.2) is 9.97 Å². The number of aromatic amines is 1. The molecular formula is C16H10N4S. The van der Waals surface area contributed by atoms with E-state index in [1.54, 1.807) is 6.20 Å². The molecule has 0 radical (unpaired) electrons. The molecule has 4 nitrogen and oxygen atoms in total. The number of nitriles is 1. The number of nitrogen functional groups attached to an aromatic ring is 1. The topological polar surface area (TPSA) is 78.5 Å². The first-order valence-electron chi connectivity index (χ1n) is 6.42. The highest BCUT2D eigenvalue weighted by Gasteiger charge is 2.14. The minimum Gasteiger partial charge on any atom is -0.390 e. The van der Waals surface area contributed by atoms with Gasteiger partial charge in [0.1, 0.15) is 10.9 Å². The number of rotatable bonds is 1. The molecular weight excluding hydrogens is 280 g/mol. The van der Waals surface area contributed by atoms with Crippen molar-refractivity contribution in [3.8, 4) is 17.2 Å². The molecule has 0 amide bonds. The van der Waals surface area contributed by atoms with Gasteiger partial charge >= 0.3 is 0 Å². The van der Waals surface area contributed by atoms with Crippen molar-refractivity contribution in [2.45, 2.75) is 0 Å². The number of H-pyrrole nitrogens is 1. The van der Waals surface area contributed by atoms with E-state index in [2.05, 4.69) is 22.1 Å². The average Bonchev–Trinajstić information content (AvgIpc) is 3.08. The number of fused-ring (bicyclic) bond motifs is 2. The van der Waals surface area contributed by atoms with Gasteiger partial charge in [0.2, 0.25) is 0 Å². The SMILES string of the molecule is N#Cc1cnc2sc(N)c(-c3ccc4[nH]ccc4c3)c2c1. The van der Waals surface area contributed by atoms with Crippen molar-refractivity contribution in [1.82, 2.24) is 9.97 Å². The van der Waals surface area contributed by atoms with Crippen LogP contribution in [0.3, 0.4) is 0 Å². The lowest BCUT2D eigenvalue weighted by atomic mass is 10.0. The molecule has 0 saturated heterocycles. The molecule has 3 heterocycles. The number of aromatic nitrogens is 2. The van der Waals surface area contributed by atoms with Gasteiger partial charge in [-0.3, -0.25) is 0 Å². The molecule has 4 rings (SSSR count). The number of pyridine rings is 1. The van der Waals surface area contributed by atoms with Crippen LogP contribution in [0.5, 0.6) is 0 Å². The average molecular weight is 290 g/mol. The maximum Gasteiger partial charge on any atom is 0.125 e. The lowest BCUT2D eigenvalue weighted by Gasteiger charge is -2.02. The third kappa shape index (κ3) is 1.77. The second kappa shape index (κ2) is 4.33. The summed E-state index contributed by atoms with van der Waals surface area (Å²) in [6.07, 6.45) is 3.50. The van der Waals surface area contributed by atoms with Crippen molar-refractivity contribution in [2.75, 3.05) is 5.73 Å². The standard InChI is InChI=1S/C16H10N4S/c17-7-9-5-12-14(15(18)21-16(12)20-8-9)11-1-2-13-10(6-11)3-4-19-13/h1-6,8,19H,18H2. The summed E-state index contributed by atoms with van der Waals surface area (Å²) in [4.78, 5) is 8.36. The summed E-state index contributed by atoms with van der Waals surface area (Å²) in [6.45, 7) is 0. The molecule has 0 aliphatic carbocycles. The van der Waals surface area contributed by atoms with Crippen LogP contribution in [0.4, 0.5) is 5.00 Å². The third-order valence-corrected chi connectivity index (χ3v) is 4.49. The van der Waals surface area contributed by atoms with Crippen molar-refractivity contribution in [1.29, 1.82) is 5.26 Å². The van der Waals surface area contributed by atoms with Crippen molar-refractivity contribution in [3.05, 3.63) is 48.3 Å².